The molecule has 0 fully saturated rings. The summed E-state index contributed by atoms with van der Waals surface area (Å²) >= 11 is 0. The highest BCUT2D eigenvalue weighted by molar-refractivity contribution is 5.22. The largest absolute Gasteiger partial charge is 0.310 e. The Bertz CT molecular complexity index is 559. The third kappa shape index (κ3) is 4.39. The topological polar surface area (TPSA) is 42.7 Å². The molecule has 0 spiro atoms. The molecule has 0 aromatic carbocycles. The maximum absolute atomic E-state index is 4.66. The fourth-order valence-electron chi connectivity index (χ4n) is 2.38. The normalized spacial score (nSPS) is 12.8. The Morgan fingerprint density at radius 2 is 2.10 bits per heavy atom. The zero-order valence-electron chi connectivity index (χ0n) is 13.5. The zero-order chi connectivity index (χ0) is 15.2. The lowest BCUT2D eigenvalue weighted by Crippen LogP contribution is -2.24. The lowest BCUT2D eigenvalue weighted by molar-refractivity contribution is 0.498. The van der Waals surface area contributed by atoms with Crippen molar-refractivity contribution in [1.29, 1.82) is 0 Å². The van der Waals surface area contributed by atoms with Crippen LogP contribution < -0.4 is 5.32 Å². The maximum atomic E-state index is 4.66. The summed E-state index contributed by atoms with van der Waals surface area (Å²) in [7, 11) is 0. The average Bonchev–Trinajstić information content (AvgIpc) is 2.92. The number of rotatable bonds is 7. The maximum Gasteiger partial charge on any atom is 0.0643 e. The van der Waals surface area contributed by atoms with Crippen molar-refractivity contribution in [3.63, 3.8) is 0 Å². The quantitative estimate of drug-likeness (QED) is 0.847. The summed E-state index contributed by atoms with van der Waals surface area (Å²) in [6, 6.07) is 5.00. The first-order valence-corrected chi connectivity index (χ1v) is 7.79. The van der Waals surface area contributed by atoms with Gasteiger partial charge in [0.1, 0.15) is 0 Å². The van der Waals surface area contributed by atoms with Gasteiger partial charge in [-0.15, -0.1) is 0 Å². The van der Waals surface area contributed by atoms with Crippen LogP contribution in [0.1, 0.15) is 56.1 Å². The van der Waals surface area contributed by atoms with Crippen LogP contribution >= 0.6 is 0 Å². The molecule has 0 aliphatic rings. The van der Waals surface area contributed by atoms with Crippen LogP contribution in [0.4, 0.5) is 0 Å². The highest BCUT2D eigenvalue weighted by Crippen LogP contribution is 2.18. The Kier molecular flexibility index (Phi) is 5.51. The monoisotopic (exact) mass is 286 g/mol. The van der Waals surface area contributed by atoms with Gasteiger partial charge >= 0.3 is 0 Å². The highest BCUT2D eigenvalue weighted by Gasteiger charge is 2.14. The summed E-state index contributed by atoms with van der Waals surface area (Å²) in [6.45, 7) is 9.57. The van der Waals surface area contributed by atoms with Crippen LogP contribution in [-0.4, -0.2) is 21.3 Å². The van der Waals surface area contributed by atoms with E-state index in [0.717, 1.165) is 25.1 Å². The van der Waals surface area contributed by atoms with E-state index < -0.39 is 0 Å². The Morgan fingerprint density at radius 1 is 1.29 bits per heavy atom. The summed E-state index contributed by atoms with van der Waals surface area (Å²) in [4.78, 5) is 4.32. The Labute approximate surface area is 127 Å². The van der Waals surface area contributed by atoms with Crippen LogP contribution in [0.2, 0.25) is 0 Å². The van der Waals surface area contributed by atoms with Crippen molar-refractivity contribution >= 4 is 0 Å². The predicted molar refractivity (Wildman–Crippen MR) is 86.3 cm³/mol. The molecule has 0 saturated heterocycles. The third-order valence-electron chi connectivity index (χ3n) is 3.55. The second-order valence-electron chi connectivity index (χ2n) is 5.89. The Balaban J connectivity index is 2.15. The van der Waals surface area contributed by atoms with Crippen molar-refractivity contribution in [2.75, 3.05) is 6.54 Å². The first-order chi connectivity index (χ1) is 10.1. The van der Waals surface area contributed by atoms with Crippen molar-refractivity contribution in [2.45, 2.75) is 52.6 Å². The lowest BCUT2D eigenvalue weighted by Gasteiger charge is -2.18. The molecule has 4 heteroatoms. The molecule has 1 unspecified atom stereocenters. The molecule has 0 saturated carbocycles. The molecular weight excluding hydrogens is 260 g/mol. The first kappa shape index (κ1) is 15.7. The van der Waals surface area contributed by atoms with Crippen LogP contribution in [0.15, 0.2) is 30.7 Å². The molecule has 1 N–H and O–H groups in total. The molecule has 21 heavy (non-hydrogen) atoms. The van der Waals surface area contributed by atoms with Gasteiger partial charge in [0.15, 0.2) is 0 Å². The van der Waals surface area contributed by atoms with E-state index in [1.54, 1.807) is 0 Å². The summed E-state index contributed by atoms with van der Waals surface area (Å²) < 4.78 is 2.01. The second kappa shape index (κ2) is 7.36. The van der Waals surface area contributed by atoms with E-state index >= 15 is 0 Å². The van der Waals surface area contributed by atoms with Crippen LogP contribution in [0, 0.1) is 6.92 Å². The second-order valence-corrected chi connectivity index (χ2v) is 5.89. The molecule has 2 aromatic heterocycles. The smallest absolute Gasteiger partial charge is 0.0643 e. The molecule has 0 aliphatic carbocycles. The van der Waals surface area contributed by atoms with Crippen molar-refractivity contribution in [2.24, 2.45) is 0 Å². The molecule has 2 rings (SSSR count). The van der Waals surface area contributed by atoms with Gasteiger partial charge < -0.3 is 5.32 Å². The van der Waals surface area contributed by atoms with E-state index in [1.165, 1.54) is 11.1 Å². The van der Waals surface area contributed by atoms with Crippen LogP contribution in [0.3, 0.4) is 0 Å². The summed E-state index contributed by atoms with van der Waals surface area (Å²) in [6.07, 6.45) is 7.93. The number of hydrogen-bond donors (Lipinski definition) is 1. The van der Waals surface area contributed by atoms with Crippen molar-refractivity contribution in [3.05, 3.63) is 47.5 Å². The standard InChI is InChI=1S/C17H26N4/c1-5-7-19-17(15-9-14(4)11-18-12-15)10-16-6-8-21(20-16)13(2)3/h6,8-9,11-13,17,19H,5,7,10H2,1-4H3. The Morgan fingerprint density at radius 3 is 2.71 bits per heavy atom. The van der Waals surface area contributed by atoms with E-state index in [2.05, 4.69) is 61.4 Å². The predicted octanol–water partition coefficient (Wildman–Crippen LogP) is 3.45. The lowest BCUT2D eigenvalue weighted by atomic mass is 10.0. The highest BCUT2D eigenvalue weighted by atomic mass is 15.3. The van der Waals surface area contributed by atoms with Gasteiger partial charge in [-0.1, -0.05) is 13.0 Å². The fourth-order valence-corrected chi connectivity index (χ4v) is 2.38. The molecule has 2 aromatic rings. The molecule has 1 atom stereocenters. The van der Waals surface area contributed by atoms with Gasteiger partial charge in [-0.3, -0.25) is 9.67 Å². The van der Waals surface area contributed by atoms with Crippen LogP contribution in [-0.2, 0) is 6.42 Å². The van der Waals surface area contributed by atoms with Crippen molar-refractivity contribution < 1.29 is 0 Å². The molecule has 0 bridgehead atoms. The summed E-state index contributed by atoms with van der Waals surface area (Å²) in [5.41, 5.74) is 3.56. The SMILES string of the molecule is CCCNC(Cc1ccn(C(C)C)n1)c1cncc(C)c1. The van der Waals surface area contributed by atoms with Gasteiger partial charge in [0.05, 0.1) is 5.69 Å². The Hall–Kier alpha value is -1.68. The van der Waals surface area contributed by atoms with Crippen LogP contribution in [0.25, 0.3) is 0 Å². The number of pyridine rings is 1. The van der Waals surface area contributed by atoms with E-state index in [-0.39, 0.29) is 6.04 Å². The number of nitrogens with one attached hydrogen (secondary N) is 1. The van der Waals surface area contributed by atoms with Crippen molar-refractivity contribution in [3.8, 4) is 0 Å². The first-order valence-electron chi connectivity index (χ1n) is 7.79. The molecular formula is C17H26N4. The number of aromatic nitrogens is 3. The van der Waals surface area contributed by atoms with Gasteiger partial charge in [-0.2, -0.15) is 5.10 Å². The minimum Gasteiger partial charge on any atom is -0.310 e. The zero-order valence-corrected chi connectivity index (χ0v) is 13.5. The van der Waals surface area contributed by atoms with Crippen molar-refractivity contribution in [1.82, 2.24) is 20.1 Å². The van der Waals surface area contributed by atoms with E-state index in [9.17, 15) is 0 Å². The summed E-state index contributed by atoms with van der Waals surface area (Å²) in [5.74, 6) is 0. The van der Waals surface area contributed by atoms with Gasteiger partial charge in [-0.25, -0.2) is 0 Å². The van der Waals surface area contributed by atoms with Gasteiger partial charge in [0.25, 0.3) is 0 Å². The fraction of sp³-hybridized carbons (Fsp3) is 0.529. The number of nitrogens with zero attached hydrogens (tertiary/aromatic N) is 3. The third-order valence-corrected chi connectivity index (χ3v) is 3.55. The molecule has 114 valence electrons. The van der Waals surface area contributed by atoms with Gasteiger partial charge in [0.2, 0.25) is 0 Å². The van der Waals surface area contributed by atoms with Gasteiger partial charge in [0, 0.05) is 37.1 Å². The number of aryl methyl sites for hydroxylation is 1. The average molecular weight is 286 g/mol. The van der Waals surface area contributed by atoms with E-state index in [4.69, 9.17) is 0 Å². The molecule has 4 nitrogen and oxygen atoms in total. The molecule has 2 heterocycles. The minimum atomic E-state index is 0.271. The van der Waals surface area contributed by atoms with E-state index in [1.807, 2.05) is 17.1 Å². The number of hydrogen-bond acceptors (Lipinski definition) is 3. The summed E-state index contributed by atoms with van der Waals surface area (Å²) in [5, 5.41) is 8.27. The molecule has 0 amide bonds. The molecule has 0 radical (unpaired) electrons. The molecule has 0 aliphatic heterocycles. The minimum absolute atomic E-state index is 0.271. The van der Waals surface area contributed by atoms with Gasteiger partial charge in [-0.05, 0) is 50.9 Å². The van der Waals surface area contributed by atoms with Crippen LogP contribution in [0.5, 0.6) is 0 Å². The van der Waals surface area contributed by atoms with E-state index in [0.29, 0.717) is 6.04 Å².